The normalized spacial score (nSPS) is 17.6. The molecule has 1 fully saturated rings. The minimum Gasteiger partial charge on any atom is -0.497 e. The lowest BCUT2D eigenvalue weighted by molar-refractivity contribution is 0.107. The first-order chi connectivity index (χ1) is 11.5. The average Bonchev–Trinajstić information content (AvgIpc) is 2.59. The van der Waals surface area contributed by atoms with E-state index in [1.54, 1.807) is 31.4 Å². The van der Waals surface area contributed by atoms with Crippen LogP contribution < -0.4 is 20.1 Å². The van der Waals surface area contributed by atoms with Gasteiger partial charge in [0.25, 0.3) is 0 Å². The molecule has 24 heavy (non-hydrogen) atoms. The van der Waals surface area contributed by atoms with Gasteiger partial charge >= 0.3 is 6.03 Å². The number of rotatable bonds is 7. The molecule has 6 heteroatoms. The van der Waals surface area contributed by atoms with Crippen LogP contribution in [0.25, 0.3) is 0 Å². The summed E-state index contributed by atoms with van der Waals surface area (Å²) >= 11 is 0. The van der Waals surface area contributed by atoms with Gasteiger partial charge in [-0.2, -0.15) is 0 Å². The fourth-order valence-corrected chi connectivity index (χ4v) is 2.91. The van der Waals surface area contributed by atoms with Gasteiger partial charge < -0.3 is 25.2 Å². The van der Waals surface area contributed by atoms with Crippen molar-refractivity contribution in [2.24, 2.45) is 0 Å². The van der Waals surface area contributed by atoms with Crippen molar-refractivity contribution in [3.63, 3.8) is 0 Å². The fourth-order valence-electron chi connectivity index (χ4n) is 2.91. The Morgan fingerprint density at radius 1 is 1.21 bits per heavy atom. The molecule has 1 atom stereocenters. The number of amides is 2. The Morgan fingerprint density at radius 3 is 2.46 bits per heavy atom. The Balaban J connectivity index is 1.66. The largest absolute Gasteiger partial charge is 0.497 e. The number of ether oxygens (including phenoxy) is 2. The van der Waals surface area contributed by atoms with Crippen LogP contribution in [0, 0.1) is 0 Å². The van der Waals surface area contributed by atoms with Crippen LogP contribution in [0.3, 0.4) is 0 Å². The Morgan fingerprint density at radius 2 is 1.83 bits per heavy atom. The van der Waals surface area contributed by atoms with Gasteiger partial charge in [0, 0.05) is 12.1 Å². The highest BCUT2D eigenvalue weighted by Crippen LogP contribution is 2.27. The number of nitrogens with one attached hydrogen (secondary N) is 2. The molecular weight excluding hydrogens is 308 g/mol. The highest BCUT2D eigenvalue weighted by atomic mass is 16.5. The molecule has 0 saturated heterocycles. The van der Waals surface area contributed by atoms with Crippen molar-refractivity contribution >= 4 is 6.03 Å². The van der Waals surface area contributed by atoms with E-state index in [9.17, 15) is 9.90 Å². The predicted molar refractivity (Wildman–Crippen MR) is 92.5 cm³/mol. The lowest BCUT2D eigenvalue weighted by Crippen LogP contribution is -2.52. The third-order valence-electron chi connectivity index (χ3n) is 4.37. The first kappa shape index (κ1) is 18.4. The van der Waals surface area contributed by atoms with Gasteiger partial charge in [0.1, 0.15) is 24.2 Å². The Bertz CT molecular complexity index is 512. The van der Waals surface area contributed by atoms with Crippen LogP contribution in [0.15, 0.2) is 24.3 Å². The van der Waals surface area contributed by atoms with Gasteiger partial charge in [-0.25, -0.2) is 4.79 Å². The van der Waals surface area contributed by atoms with Gasteiger partial charge in [-0.05, 0) is 44.0 Å². The standard InChI is InChI=1S/C18H28N2O4/c1-18(10-4-3-5-11-18)20-17(22)19-12-14(21)13-24-16-8-6-15(23-2)7-9-16/h6-9,14,21H,3-5,10-13H2,1-2H3,(H2,19,20,22)/t14-/m0/s1. The predicted octanol–water partition coefficient (Wildman–Crippen LogP) is 2.46. The second-order valence-corrected chi connectivity index (χ2v) is 6.60. The third-order valence-corrected chi connectivity index (χ3v) is 4.37. The number of carbonyl (C=O) groups excluding carboxylic acids is 1. The van der Waals surface area contributed by atoms with Crippen LogP contribution in [0.5, 0.6) is 11.5 Å². The minimum absolute atomic E-state index is 0.115. The molecule has 1 aromatic carbocycles. The Hall–Kier alpha value is -1.95. The number of aliphatic hydroxyl groups excluding tert-OH is 1. The summed E-state index contributed by atoms with van der Waals surface area (Å²) in [6.07, 6.45) is 4.77. The molecule has 2 amide bonds. The molecule has 0 unspecified atom stereocenters. The zero-order valence-corrected chi connectivity index (χ0v) is 14.5. The highest BCUT2D eigenvalue weighted by Gasteiger charge is 2.28. The number of hydrogen-bond donors (Lipinski definition) is 3. The summed E-state index contributed by atoms with van der Waals surface area (Å²) in [5, 5.41) is 15.7. The van der Waals surface area contributed by atoms with Crippen LogP contribution >= 0.6 is 0 Å². The fraction of sp³-hybridized carbons (Fsp3) is 0.611. The monoisotopic (exact) mass is 336 g/mol. The van der Waals surface area contributed by atoms with Crippen molar-refractivity contribution in [1.82, 2.24) is 10.6 Å². The van der Waals surface area contributed by atoms with Crippen molar-refractivity contribution in [2.45, 2.75) is 50.7 Å². The summed E-state index contributed by atoms with van der Waals surface area (Å²) in [5.41, 5.74) is -0.132. The van der Waals surface area contributed by atoms with Gasteiger partial charge in [0.05, 0.1) is 7.11 Å². The SMILES string of the molecule is COc1ccc(OC[C@@H](O)CNC(=O)NC2(C)CCCCC2)cc1. The second kappa shape index (κ2) is 8.78. The first-order valence-corrected chi connectivity index (χ1v) is 8.52. The first-order valence-electron chi connectivity index (χ1n) is 8.52. The minimum atomic E-state index is -0.767. The van der Waals surface area contributed by atoms with Gasteiger partial charge in [0.15, 0.2) is 0 Å². The number of urea groups is 1. The van der Waals surface area contributed by atoms with Crippen LogP contribution in [-0.4, -0.2) is 43.0 Å². The summed E-state index contributed by atoms with van der Waals surface area (Å²) in [7, 11) is 1.60. The Labute approximate surface area is 143 Å². The topological polar surface area (TPSA) is 79.8 Å². The number of carbonyl (C=O) groups is 1. The van der Waals surface area contributed by atoms with E-state index in [0.29, 0.717) is 5.75 Å². The molecule has 6 nitrogen and oxygen atoms in total. The maximum atomic E-state index is 12.0. The molecular formula is C18H28N2O4. The molecule has 2 rings (SSSR count). The van der Waals surface area contributed by atoms with E-state index in [-0.39, 0.29) is 24.7 Å². The summed E-state index contributed by atoms with van der Waals surface area (Å²) in [5.74, 6) is 1.39. The molecule has 0 spiro atoms. The van der Waals surface area contributed by atoms with Crippen LogP contribution in [0.1, 0.15) is 39.0 Å². The van der Waals surface area contributed by atoms with Crippen molar-refractivity contribution < 1.29 is 19.4 Å². The molecule has 1 saturated carbocycles. The van der Waals surface area contributed by atoms with Crippen molar-refractivity contribution in [2.75, 3.05) is 20.3 Å². The van der Waals surface area contributed by atoms with E-state index in [2.05, 4.69) is 17.6 Å². The van der Waals surface area contributed by atoms with E-state index in [1.165, 1.54) is 6.42 Å². The maximum absolute atomic E-state index is 12.0. The number of hydrogen-bond acceptors (Lipinski definition) is 4. The smallest absolute Gasteiger partial charge is 0.315 e. The molecule has 1 aliphatic rings. The van der Waals surface area contributed by atoms with Crippen molar-refractivity contribution in [3.8, 4) is 11.5 Å². The summed E-state index contributed by atoms with van der Waals surface area (Å²) in [4.78, 5) is 12.0. The number of aliphatic hydroxyl groups is 1. The zero-order valence-electron chi connectivity index (χ0n) is 14.5. The van der Waals surface area contributed by atoms with Crippen LogP contribution in [0.2, 0.25) is 0 Å². The molecule has 1 aliphatic carbocycles. The van der Waals surface area contributed by atoms with E-state index < -0.39 is 6.10 Å². The van der Waals surface area contributed by atoms with E-state index in [1.807, 2.05) is 0 Å². The number of benzene rings is 1. The van der Waals surface area contributed by atoms with E-state index in [0.717, 1.165) is 31.4 Å². The molecule has 3 N–H and O–H groups in total. The second-order valence-electron chi connectivity index (χ2n) is 6.60. The highest BCUT2D eigenvalue weighted by molar-refractivity contribution is 5.74. The molecule has 134 valence electrons. The summed E-state index contributed by atoms with van der Waals surface area (Å²) < 4.78 is 10.6. The zero-order chi connectivity index (χ0) is 17.4. The number of methoxy groups -OCH3 is 1. The van der Waals surface area contributed by atoms with E-state index >= 15 is 0 Å². The van der Waals surface area contributed by atoms with Gasteiger partial charge in [-0.1, -0.05) is 19.3 Å². The van der Waals surface area contributed by atoms with Crippen LogP contribution in [-0.2, 0) is 0 Å². The van der Waals surface area contributed by atoms with Gasteiger partial charge in [-0.3, -0.25) is 0 Å². The average molecular weight is 336 g/mol. The van der Waals surface area contributed by atoms with Gasteiger partial charge in [0.2, 0.25) is 0 Å². The molecule has 0 aliphatic heterocycles. The molecule has 1 aromatic rings. The summed E-state index contributed by atoms with van der Waals surface area (Å²) in [6.45, 7) is 2.34. The molecule has 0 aromatic heterocycles. The molecule has 0 bridgehead atoms. The summed E-state index contributed by atoms with van der Waals surface area (Å²) in [6, 6.07) is 6.89. The maximum Gasteiger partial charge on any atom is 0.315 e. The van der Waals surface area contributed by atoms with Crippen LogP contribution in [0.4, 0.5) is 4.79 Å². The Kier molecular flexibility index (Phi) is 6.73. The molecule has 0 radical (unpaired) electrons. The van der Waals surface area contributed by atoms with Crippen molar-refractivity contribution in [1.29, 1.82) is 0 Å². The van der Waals surface area contributed by atoms with E-state index in [4.69, 9.17) is 9.47 Å². The lowest BCUT2D eigenvalue weighted by atomic mass is 9.83. The lowest BCUT2D eigenvalue weighted by Gasteiger charge is -2.34. The van der Waals surface area contributed by atoms with Gasteiger partial charge in [-0.15, -0.1) is 0 Å². The quantitative estimate of drug-likeness (QED) is 0.714. The molecule has 0 heterocycles. The third kappa shape index (κ3) is 5.92. The van der Waals surface area contributed by atoms with Crippen molar-refractivity contribution in [3.05, 3.63) is 24.3 Å².